The average molecular weight is 150 g/mol. The van der Waals surface area contributed by atoms with Crippen molar-refractivity contribution < 1.29 is 5.11 Å². The highest BCUT2D eigenvalue weighted by Crippen LogP contribution is 2.34. The van der Waals surface area contributed by atoms with Crippen LogP contribution in [0.15, 0.2) is 36.5 Å². The summed E-state index contributed by atoms with van der Waals surface area (Å²) < 4.78 is 0. The summed E-state index contributed by atoms with van der Waals surface area (Å²) >= 11 is 0. The van der Waals surface area contributed by atoms with E-state index in [-0.39, 0.29) is 12.0 Å². The predicted octanol–water partition coefficient (Wildman–Crippen LogP) is 2.06. The number of rotatable bonds is 1. The molecule has 1 N–H and O–H groups in total. The smallest absolute Gasteiger partial charge is 0.0646 e. The number of aliphatic hydroxyl groups is 1. The largest absolute Gasteiger partial charge is 0.392 e. The first-order valence-electron chi connectivity index (χ1n) is 3.85. The summed E-state index contributed by atoms with van der Waals surface area (Å²) in [6.45, 7) is 9.51. The van der Waals surface area contributed by atoms with Crippen molar-refractivity contribution >= 4 is 0 Å². The molecule has 0 spiro atoms. The Kier molecular flexibility index (Phi) is 2.30. The van der Waals surface area contributed by atoms with Gasteiger partial charge < -0.3 is 5.11 Å². The highest BCUT2D eigenvalue weighted by Gasteiger charge is 2.28. The highest BCUT2D eigenvalue weighted by molar-refractivity contribution is 5.38. The summed E-state index contributed by atoms with van der Waals surface area (Å²) in [5.41, 5.74) is 2.19. The monoisotopic (exact) mass is 150 g/mol. The first-order valence-corrected chi connectivity index (χ1v) is 3.85. The molecule has 1 aliphatic rings. The van der Waals surface area contributed by atoms with Crippen LogP contribution in [0.5, 0.6) is 0 Å². The second kappa shape index (κ2) is 3.05. The van der Waals surface area contributed by atoms with Crippen molar-refractivity contribution in [2.75, 3.05) is 0 Å². The molecule has 1 fully saturated rings. The molecular formula is C10H14O. The van der Waals surface area contributed by atoms with Crippen molar-refractivity contribution in [3.8, 4) is 0 Å². The van der Waals surface area contributed by atoms with E-state index in [0.29, 0.717) is 6.42 Å². The van der Waals surface area contributed by atoms with Gasteiger partial charge in [0.15, 0.2) is 0 Å². The molecule has 1 saturated carbocycles. The van der Waals surface area contributed by atoms with Gasteiger partial charge in [-0.3, -0.25) is 0 Å². The van der Waals surface area contributed by atoms with E-state index >= 15 is 0 Å². The normalized spacial score (nSPS) is 34.7. The van der Waals surface area contributed by atoms with Crippen LogP contribution in [0.4, 0.5) is 0 Å². The van der Waals surface area contributed by atoms with Crippen LogP contribution in [-0.4, -0.2) is 11.2 Å². The van der Waals surface area contributed by atoms with Gasteiger partial charge in [0.05, 0.1) is 6.10 Å². The van der Waals surface area contributed by atoms with E-state index in [9.17, 15) is 5.11 Å². The molecule has 1 aliphatic carbocycles. The zero-order chi connectivity index (χ0) is 8.43. The summed E-state index contributed by atoms with van der Waals surface area (Å²) in [7, 11) is 0. The molecule has 0 bridgehead atoms. The van der Waals surface area contributed by atoms with Crippen LogP contribution in [-0.2, 0) is 0 Å². The maximum atomic E-state index is 9.43. The van der Waals surface area contributed by atoms with Crippen molar-refractivity contribution in [3.63, 3.8) is 0 Å². The van der Waals surface area contributed by atoms with Gasteiger partial charge in [-0.25, -0.2) is 0 Å². The Balaban J connectivity index is 2.88. The fraction of sp³-hybridized carbons (Fsp3) is 0.400. The molecule has 0 aromatic heterocycles. The van der Waals surface area contributed by atoms with Crippen molar-refractivity contribution in [2.24, 2.45) is 5.92 Å². The van der Waals surface area contributed by atoms with E-state index in [2.05, 4.69) is 13.2 Å². The maximum Gasteiger partial charge on any atom is 0.0646 e. The number of hydrogen-bond donors (Lipinski definition) is 1. The van der Waals surface area contributed by atoms with Crippen molar-refractivity contribution in [1.29, 1.82) is 0 Å². The topological polar surface area (TPSA) is 20.2 Å². The van der Waals surface area contributed by atoms with E-state index in [1.807, 2.05) is 13.0 Å². The summed E-state index contributed by atoms with van der Waals surface area (Å²) in [6.07, 6.45) is 4.15. The van der Waals surface area contributed by atoms with E-state index in [1.54, 1.807) is 6.08 Å². The molecule has 1 heteroatoms. The zero-order valence-electron chi connectivity index (χ0n) is 6.88. The van der Waals surface area contributed by atoms with Crippen LogP contribution in [0.1, 0.15) is 13.3 Å². The Hall–Kier alpha value is -0.820. The van der Waals surface area contributed by atoms with Gasteiger partial charge in [0.2, 0.25) is 0 Å². The van der Waals surface area contributed by atoms with Gasteiger partial charge >= 0.3 is 0 Å². The lowest BCUT2D eigenvalue weighted by Gasteiger charge is -2.07. The van der Waals surface area contributed by atoms with Crippen LogP contribution in [0.25, 0.3) is 0 Å². The molecule has 0 saturated heterocycles. The predicted molar refractivity (Wildman–Crippen MR) is 47.2 cm³/mol. The summed E-state index contributed by atoms with van der Waals surface area (Å²) in [4.78, 5) is 0. The first kappa shape index (κ1) is 8.28. The van der Waals surface area contributed by atoms with Gasteiger partial charge in [-0.05, 0) is 17.6 Å². The van der Waals surface area contributed by atoms with Gasteiger partial charge in [0.25, 0.3) is 0 Å². The van der Waals surface area contributed by atoms with E-state index in [4.69, 9.17) is 0 Å². The Morgan fingerprint density at radius 3 is 2.64 bits per heavy atom. The quantitative estimate of drug-likeness (QED) is 0.606. The van der Waals surface area contributed by atoms with Gasteiger partial charge in [-0.2, -0.15) is 0 Å². The van der Waals surface area contributed by atoms with Crippen LogP contribution in [0.3, 0.4) is 0 Å². The maximum absolute atomic E-state index is 9.43. The van der Waals surface area contributed by atoms with Gasteiger partial charge in [0, 0.05) is 5.92 Å². The zero-order valence-corrected chi connectivity index (χ0v) is 6.88. The van der Waals surface area contributed by atoms with Crippen LogP contribution in [0, 0.1) is 5.92 Å². The lowest BCUT2D eigenvalue weighted by molar-refractivity contribution is 0.152. The van der Waals surface area contributed by atoms with E-state index < -0.39 is 0 Å². The molecule has 1 nitrogen and oxygen atoms in total. The Bertz CT molecular complexity index is 213. The molecule has 1 rings (SSSR count). The summed E-state index contributed by atoms with van der Waals surface area (Å²) in [5.74, 6) is 0.223. The number of hydrogen-bond acceptors (Lipinski definition) is 1. The molecule has 60 valence electrons. The molecule has 0 radical (unpaired) electrons. The lowest BCUT2D eigenvalue weighted by atomic mass is 10.0. The highest BCUT2D eigenvalue weighted by atomic mass is 16.3. The fourth-order valence-corrected chi connectivity index (χ4v) is 1.47. The van der Waals surface area contributed by atoms with E-state index in [0.717, 1.165) is 11.1 Å². The Morgan fingerprint density at radius 1 is 1.64 bits per heavy atom. The summed E-state index contributed by atoms with van der Waals surface area (Å²) in [6, 6.07) is 0. The molecular weight excluding hydrogens is 136 g/mol. The molecule has 0 heterocycles. The minimum absolute atomic E-state index is 0.223. The molecule has 0 amide bonds. The standard InChI is InChI=1S/C10H14O/c1-4-5-9-7(2)6-10(11)8(9)3/h4-5,8,10-11H,1-2,6H2,3H3/b9-5+. The van der Waals surface area contributed by atoms with Gasteiger partial charge in [-0.15, -0.1) is 0 Å². The van der Waals surface area contributed by atoms with Gasteiger partial charge in [-0.1, -0.05) is 32.2 Å². The first-order chi connectivity index (χ1) is 5.16. The molecule has 0 aliphatic heterocycles. The fourth-order valence-electron chi connectivity index (χ4n) is 1.47. The van der Waals surface area contributed by atoms with E-state index in [1.165, 1.54) is 0 Å². The van der Waals surface area contributed by atoms with Crippen LogP contribution < -0.4 is 0 Å². The van der Waals surface area contributed by atoms with Crippen LogP contribution >= 0.6 is 0 Å². The molecule has 2 unspecified atom stereocenters. The molecule has 11 heavy (non-hydrogen) atoms. The molecule has 0 aromatic rings. The Morgan fingerprint density at radius 2 is 2.27 bits per heavy atom. The summed E-state index contributed by atoms with van der Waals surface area (Å²) in [5, 5.41) is 9.43. The second-order valence-electron chi connectivity index (χ2n) is 3.02. The number of aliphatic hydroxyl groups excluding tert-OH is 1. The van der Waals surface area contributed by atoms with Crippen molar-refractivity contribution in [3.05, 3.63) is 36.5 Å². The SMILES string of the molecule is C=C/C=C1\C(=C)CC(O)C1C. The van der Waals surface area contributed by atoms with Crippen LogP contribution in [0.2, 0.25) is 0 Å². The van der Waals surface area contributed by atoms with Crippen molar-refractivity contribution in [2.45, 2.75) is 19.4 Å². The lowest BCUT2D eigenvalue weighted by Crippen LogP contribution is -2.09. The third kappa shape index (κ3) is 1.43. The second-order valence-corrected chi connectivity index (χ2v) is 3.02. The minimum Gasteiger partial charge on any atom is -0.392 e. The van der Waals surface area contributed by atoms with Crippen molar-refractivity contribution in [1.82, 2.24) is 0 Å². The molecule has 2 atom stereocenters. The Labute approximate surface area is 67.7 Å². The van der Waals surface area contributed by atoms with Gasteiger partial charge in [0.1, 0.15) is 0 Å². The molecule has 0 aromatic carbocycles. The third-order valence-electron chi connectivity index (χ3n) is 2.23. The number of allylic oxidation sites excluding steroid dienone is 2. The average Bonchev–Trinajstić information content (AvgIpc) is 2.17. The third-order valence-corrected chi connectivity index (χ3v) is 2.23. The minimum atomic E-state index is -0.242.